The van der Waals surface area contributed by atoms with Crippen LogP contribution in [0.3, 0.4) is 0 Å². The largest absolute Gasteiger partial charge is 0.471 e. The summed E-state index contributed by atoms with van der Waals surface area (Å²) in [6.07, 6.45) is -2.52. The van der Waals surface area contributed by atoms with E-state index in [0.29, 0.717) is 11.5 Å². The summed E-state index contributed by atoms with van der Waals surface area (Å²) >= 11 is 0. The fraction of sp³-hybridized carbons (Fsp3) is 0.111. The van der Waals surface area contributed by atoms with Gasteiger partial charge in [-0.2, -0.15) is 13.2 Å². The lowest BCUT2D eigenvalue weighted by Crippen LogP contribution is -2.07. The summed E-state index contributed by atoms with van der Waals surface area (Å²) in [5.41, 5.74) is -1.27. The minimum absolute atomic E-state index is 0.153. The minimum atomic E-state index is -4.67. The summed E-state index contributed by atoms with van der Waals surface area (Å²) in [4.78, 5) is 0. The van der Waals surface area contributed by atoms with E-state index in [2.05, 4.69) is 4.42 Å². The summed E-state index contributed by atoms with van der Waals surface area (Å²) in [6.45, 7) is 0. The Labute approximate surface area is 75.9 Å². The van der Waals surface area contributed by atoms with Crippen molar-refractivity contribution in [1.29, 1.82) is 0 Å². The molecule has 14 heavy (non-hydrogen) atoms. The standard InChI is InChI=1S/C9H4F4O/c10-8-6-4-14-3-5(6)1-2-7(8)9(11,12)13/h1-4H. The SMILES string of the molecule is Fc1c(C(F)(F)F)ccc2cocc12. The molecular weight excluding hydrogens is 200 g/mol. The van der Waals surface area contributed by atoms with E-state index in [-0.39, 0.29) is 5.39 Å². The molecule has 2 aromatic rings. The van der Waals surface area contributed by atoms with Gasteiger partial charge in [0.25, 0.3) is 0 Å². The molecule has 0 saturated carbocycles. The van der Waals surface area contributed by atoms with Gasteiger partial charge < -0.3 is 4.42 Å². The number of rotatable bonds is 0. The second-order valence-electron chi connectivity index (χ2n) is 2.80. The first-order valence-electron chi connectivity index (χ1n) is 3.72. The Balaban J connectivity index is 2.74. The van der Waals surface area contributed by atoms with Gasteiger partial charge >= 0.3 is 6.18 Å². The molecule has 0 atom stereocenters. The molecule has 0 fully saturated rings. The Bertz CT molecular complexity index is 469. The molecule has 0 bridgehead atoms. The van der Waals surface area contributed by atoms with Crippen LogP contribution in [0.15, 0.2) is 29.1 Å². The van der Waals surface area contributed by atoms with Crippen LogP contribution in [0.4, 0.5) is 17.6 Å². The Hall–Kier alpha value is -1.52. The van der Waals surface area contributed by atoms with E-state index >= 15 is 0 Å². The number of fused-ring (bicyclic) bond motifs is 1. The molecule has 0 radical (unpaired) electrons. The highest BCUT2D eigenvalue weighted by Gasteiger charge is 2.34. The zero-order valence-corrected chi connectivity index (χ0v) is 6.73. The van der Waals surface area contributed by atoms with Crippen LogP contribution in [0.2, 0.25) is 0 Å². The fourth-order valence-corrected chi connectivity index (χ4v) is 1.22. The smallest absolute Gasteiger partial charge is 0.419 e. The second-order valence-corrected chi connectivity index (χ2v) is 2.80. The maximum atomic E-state index is 13.2. The van der Waals surface area contributed by atoms with Gasteiger partial charge in [-0.25, -0.2) is 4.39 Å². The molecule has 0 saturated heterocycles. The van der Waals surface area contributed by atoms with E-state index in [9.17, 15) is 17.6 Å². The number of hydrogen-bond donors (Lipinski definition) is 0. The Kier molecular flexibility index (Phi) is 1.77. The van der Waals surface area contributed by atoms with Gasteiger partial charge in [0, 0.05) is 5.39 Å². The van der Waals surface area contributed by atoms with E-state index in [0.717, 1.165) is 6.26 Å². The van der Waals surface area contributed by atoms with Crippen molar-refractivity contribution >= 4 is 10.8 Å². The van der Waals surface area contributed by atoms with E-state index in [4.69, 9.17) is 0 Å². The third kappa shape index (κ3) is 1.25. The van der Waals surface area contributed by atoms with Gasteiger partial charge in [0.1, 0.15) is 12.1 Å². The van der Waals surface area contributed by atoms with E-state index in [1.807, 2.05) is 0 Å². The van der Waals surface area contributed by atoms with Gasteiger partial charge in [-0.1, -0.05) is 6.07 Å². The molecule has 0 aliphatic carbocycles. The van der Waals surface area contributed by atoms with Crippen molar-refractivity contribution in [1.82, 2.24) is 0 Å². The van der Waals surface area contributed by atoms with Crippen molar-refractivity contribution in [2.45, 2.75) is 6.18 Å². The molecule has 1 heterocycles. The van der Waals surface area contributed by atoms with Crippen LogP contribution >= 0.6 is 0 Å². The molecule has 0 N–H and O–H groups in total. The zero-order valence-electron chi connectivity index (χ0n) is 6.73. The quantitative estimate of drug-likeness (QED) is 0.597. The number of benzene rings is 1. The molecule has 5 heteroatoms. The minimum Gasteiger partial charge on any atom is -0.471 e. The van der Waals surface area contributed by atoms with Crippen molar-refractivity contribution in [2.75, 3.05) is 0 Å². The summed E-state index contributed by atoms with van der Waals surface area (Å²) in [7, 11) is 0. The lowest BCUT2D eigenvalue weighted by atomic mass is 10.1. The van der Waals surface area contributed by atoms with E-state index in [1.54, 1.807) is 0 Å². The highest BCUT2D eigenvalue weighted by atomic mass is 19.4. The average Bonchev–Trinajstić information content (AvgIpc) is 2.50. The van der Waals surface area contributed by atoms with E-state index < -0.39 is 17.6 Å². The van der Waals surface area contributed by atoms with Crippen molar-refractivity contribution in [3.05, 3.63) is 36.0 Å². The summed E-state index contributed by atoms with van der Waals surface area (Å²) < 4.78 is 54.5. The average molecular weight is 204 g/mol. The van der Waals surface area contributed by atoms with Crippen LogP contribution in [0.5, 0.6) is 0 Å². The summed E-state index contributed by atoms with van der Waals surface area (Å²) in [6, 6.07) is 1.87. The number of furan rings is 1. The van der Waals surface area contributed by atoms with Crippen LogP contribution in [-0.4, -0.2) is 0 Å². The van der Waals surface area contributed by atoms with Crippen LogP contribution in [0.25, 0.3) is 10.8 Å². The van der Waals surface area contributed by atoms with Crippen LogP contribution in [-0.2, 0) is 6.18 Å². The van der Waals surface area contributed by atoms with Gasteiger partial charge in [-0.15, -0.1) is 0 Å². The third-order valence-corrected chi connectivity index (χ3v) is 1.90. The molecule has 1 aromatic carbocycles. The zero-order chi connectivity index (χ0) is 10.3. The lowest BCUT2D eigenvalue weighted by Gasteiger charge is -2.07. The predicted molar refractivity (Wildman–Crippen MR) is 41.2 cm³/mol. The molecule has 74 valence electrons. The van der Waals surface area contributed by atoms with E-state index in [1.165, 1.54) is 12.3 Å². The maximum Gasteiger partial charge on any atom is 0.419 e. The lowest BCUT2D eigenvalue weighted by molar-refractivity contribution is -0.139. The second kappa shape index (κ2) is 2.73. The molecular formula is C9H4F4O. The molecule has 0 spiro atoms. The number of alkyl halides is 3. The third-order valence-electron chi connectivity index (χ3n) is 1.90. The van der Waals surface area contributed by atoms with Gasteiger partial charge in [-0.05, 0) is 6.07 Å². The molecule has 2 rings (SSSR count). The molecule has 1 nitrogen and oxygen atoms in total. The van der Waals surface area contributed by atoms with Gasteiger partial charge in [0.05, 0.1) is 17.2 Å². The van der Waals surface area contributed by atoms with Gasteiger partial charge in [0.15, 0.2) is 0 Å². The van der Waals surface area contributed by atoms with Crippen molar-refractivity contribution < 1.29 is 22.0 Å². The highest BCUT2D eigenvalue weighted by molar-refractivity contribution is 5.82. The van der Waals surface area contributed by atoms with Gasteiger partial charge in [-0.3, -0.25) is 0 Å². The van der Waals surface area contributed by atoms with Crippen LogP contribution in [0, 0.1) is 5.82 Å². The number of halogens is 4. The summed E-state index contributed by atoms with van der Waals surface area (Å²) in [5, 5.41) is 0.162. The first-order valence-corrected chi connectivity index (χ1v) is 3.72. The highest BCUT2D eigenvalue weighted by Crippen LogP contribution is 2.34. The Morgan fingerprint density at radius 2 is 1.79 bits per heavy atom. The first-order chi connectivity index (χ1) is 6.50. The maximum absolute atomic E-state index is 13.2. The monoisotopic (exact) mass is 204 g/mol. The Morgan fingerprint density at radius 1 is 1.07 bits per heavy atom. The molecule has 0 aliphatic heterocycles. The van der Waals surface area contributed by atoms with Crippen molar-refractivity contribution in [3.63, 3.8) is 0 Å². The predicted octanol–water partition coefficient (Wildman–Crippen LogP) is 3.59. The van der Waals surface area contributed by atoms with Crippen molar-refractivity contribution in [3.8, 4) is 0 Å². The Morgan fingerprint density at radius 3 is 2.43 bits per heavy atom. The first kappa shape index (κ1) is 9.05. The van der Waals surface area contributed by atoms with Crippen LogP contribution in [0.1, 0.15) is 5.56 Å². The molecule has 0 unspecified atom stereocenters. The van der Waals surface area contributed by atoms with Crippen molar-refractivity contribution in [2.24, 2.45) is 0 Å². The van der Waals surface area contributed by atoms with Crippen LogP contribution < -0.4 is 0 Å². The fourth-order valence-electron chi connectivity index (χ4n) is 1.22. The summed E-state index contributed by atoms with van der Waals surface area (Å²) in [5.74, 6) is -1.29. The number of hydrogen-bond acceptors (Lipinski definition) is 1. The van der Waals surface area contributed by atoms with Gasteiger partial charge in [0.2, 0.25) is 0 Å². The molecule has 1 aromatic heterocycles. The molecule has 0 amide bonds. The molecule has 0 aliphatic rings. The topological polar surface area (TPSA) is 13.1 Å². The normalized spacial score (nSPS) is 12.3.